The van der Waals surface area contributed by atoms with Crippen LogP contribution in [0, 0.1) is 0 Å². The molecule has 9 nitrogen and oxygen atoms in total. The van der Waals surface area contributed by atoms with E-state index in [2.05, 4.69) is 20.5 Å². The molecule has 1 heterocycles. The number of hydrogen-bond acceptors (Lipinski definition) is 5. The number of carbonyl (C=O) groups excluding carboxylic acids is 1. The maximum Gasteiger partial charge on any atom is 0.407 e. The smallest absolute Gasteiger partial charge is 0.407 e. The lowest BCUT2D eigenvalue weighted by Crippen LogP contribution is -2.44. The van der Waals surface area contributed by atoms with Crippen molar-refractivity contribution in [3.8, 4) is 0 Å². The molecular formula is C18H37N5O4S. The second kappa shape index (κ2) is 10.8. The minimum absolute atomic E-state index is 0.0134. The largest absolute Gasteiger partial charge is 0.444 e. The van der Waals surface area contributed by atoms with Gasteiger partial charge in [-0.05, 0) is 40.5 Å². The SMILES string of the molecule is CCNC(=NCCCN(CC)S(C)(=O)=O)N1CCC(NC(=O)OC(C)(C)C)C1. The number of alkyl carbamates (subject to hydrolysis) is 1. The molecule has 0 aliphatic carbocycles. The summed E-state index contributed by atoms with van der Waals surface area (Å²) in [7, 11) is -3.17. The van der Waals surface area contributed by atoms with E-state index < -0.39 is 21.7 Å². The Morgan fingerprint density at radius 1 is 1.32 bits per heavy atom. The molecule has 0 spiro atoms. The fraction of sp³-hybridized carbons (Fsp3) is 0.889. The lowest BCUT2D eigenvalue weighted by molar-refractivity contribution is 0.0507. The molecule has 28 heavy (non-hydrogen) atoms. The van der Waals surface area contributed by atoms with E-state index in [1.807, 2.05) is 34.6 Å². The minimum Gasteiger partial charge on any atom is -0.444 e. The van der Waals surface area contributed by atoms with Gasteiger partial charge in [0.25, 0.3) is 0 Å². The van der Waals surface area contributed by atoms with Crippen molar-refractivity contribution in [1.82, 2.24) is 19.8 Å². The standard InChI is InChI=1S/C18H37N5O4S/c1-7-19-16(20-11-9-12-23(8-2)28(6,25)26)22-13-10-15(14-22)21-17(24)27-18(3,4)5/h15H,7-14H2,1-6H3,(H,19,20)(H,21,24). The summed E-state index contributed by atoms with van der Waals surface area (Å²) in [6.07, 6.45) is 2.30. The van der Waals surface area contributed by atoms with Gasteiger partial charge >= 0.3 is 6.09 Å². The summed E-state index contributed by atoms with van der Waals surface area (Å²) in [6, 6.07) is 0.0134. The van der Waals surface area contributed by atoms with Crippen molar-refractivity contribution in [3.05, 3.63) is 0 Å². The van der Waals surface area contributed by atoms with Gasteiger partial charge in [0.2, 0.25) is 10.0 Å². The van der Waals surface area contributed by atoms with Gasteiger partial charge in [-0.15, -0.1) is 0 Å². The number of sulfonamides is 1. The summed E-state index contributed by atoms with van der Waals surface area (Å²) >= 11 is 0. The molecule has 0 aromatic heterocycles. The number of nitrogens with zero attached hydrogens (tertiary/aromatic N) is 3. The van der Waals surface area contributed by atoms with Gasteiger partial charge in [-0.1, -0.05) is 6.92 Å². The van der Waals surface area contributed by atoms with Crippen LogP contribution in [0.15, 0.2) is 4.99 Å². The van der Waals surface area contributed by atoms with Gasteiger partial charge in [0.1, 0.15) is 5.60 Å². The van der Waals surface area contributed by atoms with Crippen molar-refractivity contribution < 1.29 is 17.9 Å². The predicted molar refractivity (Wildman–Crippen MR) is 112 cm³/mol. The van der Waals surface area contributed by atoms with Crippen LogP contribution in [0.25, 0.3) is 0 Å². The van der Waals surface area contributed by atoms with Gasteiger partial charge in [-0.2, -0.15) is 0 Å². The molecule has 1 atom stereocenters. The first kappa shape index (κ1) is 24.5. The van der Waals surface area contributed by atoms with Crippen LogP contribution in [-0.4, -0.2) is 86.8 Å². The number of ether oxygens (including phenoxy) is 1. The number of carbonyl (C=O) groups is 1. The highest BCUT2D eigenvalue weighted by Crippen LogP contribution is 2.12. The van der Waals surface area contributed by atoms with Crippen LogP contribution in [0.2, 0.25) is 0 Å². The van der Waals surface area contributed by atoms with Crippen molar-refractivity contribution in [1.29, 1.82) is 0 Å². The van der Waals surface area contributed by atoms with Gasteiger partial charge < -0.3 is 20.3 Å². The molecule has 1 aliphatic heterocycles. The second-order valence-electron chi connectivity index (χ2n) is 7.92. The number of nitrogens with one attached hydrogen (secondary N) is 2. The molecule has 10 heteroatoms. The average molecular weight is 420 g/mol. The van der Waals surface area contributed by atoms with Crippen LogP contribution >= 0.6 is 0 Å². The van der Waals surface area contributed by atoms with E-state index in [0.29, 0.717) is 32.6 Å². The highest BCUT2D eigenvalue weighted by Gasteiger charge is 2.27. The molecule has 1 unspecified atom stereocenters. The van der Waals surface area contributed by atoms with Crippen LogP contribution in [0.5, 0.6) is 0 Å². The molecule has 0 aromatic rings. The zero-order valence-corrected chi connectivity index (χ0v) is 18.9. The highest BCUT2D eigenvalue weighted by atomic mass is 32.2. The Bertz CT molecular complexity index is 630. The average Bonchev–Trinajstić information content (AvgIpc) is 2.98. The van der Waals surface area contributed by atoms with E-state index in [-0.39, 0.29) is 6.04 Å². The van der Waals surface area contributed by atoms with Crippen molar-refractivity contribution in [2.75, 3.05) is 45.5 Å². The first-order valence-electron chi connectivity index (χ1n) is 9.94. The van der Waals surface area contributed by atoms with Crippen molar-refractivity contribution in [2.45, 2.75) is 59.1 Å². The molecule has 1 aliphatic rings. The Kier molecular flexibility index (Phi) is 9.49. The van der Waals surface area contributed by atoms with Crippen molar-refractivity contribution >= 4 is 22.1 Å². The summed E-state index contributed by atoms with van der Waals surface area (Å²) in [5.41, 5.74) is -0.517. The fourth-order valence-corrected chi connectivity index (χ4v) is 3.89. The minimum atomic E-state index is -3.17. The third-order valence-electron chi connectivity index (χ3n) is 4.19. The fourth-order valence-electron chi connectivity index (χ4n) is 2.96. The van der Waals surface area contributed by atoms with Crippen molar-refractivity contribution in [2.24, 2.45) is 4.99 Å². The summed E-state index contributed by atoms with van der Waals surface area (Å²) in [6.45, 7) is 13.0. The van der Waals surface area contributed by atoms with E-state index in [1.54, 1.807) is 0 Å². The van der Waals surface area contributed by atoms with Gasteiger partial charge in [0, 0.05) is 39.3 Å². The third-order valence-corrected chi connectivity index (χ3v) is 5.57. The first-order valence-corrected chi connectivity index (χ1v) is 11.8. The van der Waals surface area contributed by atoms with E-state index in [1.165, 1.54) is 10.6 Å². The molecule has 1 fully saturated rings. The predicted octanol–water partition coefficient (Wildman–Crippen LogP) is 1.22. The molecule has 1 amide bonds. The maximum absolute atomic E-state index is 11.9. The molecule has 0 saturated carbocycles. The van der Waals surface area contributed by atoms with E-state index in [0.717, 1.165) is 25.5 Å². The lowest BCUT2D eigenvalue weighted by Gasteiger charge is -2.23. The Balaban J connectivity index is 2.55. The molecule has 1 rings (SSSR count). The normalized spacial score (nSPS) is 18.5. The molecule has 0 bridgehead atoms. The van der Waals surface area contributed by atoms with Gasteiger partial charge in [-0.3, -0.25) is 4.99 Å². The van der Waals surface area contributed by atoms with E-state index >= 15 is 0 Å². The number of amides is 1. The van der Waals surface area contributed by atoms with Gasteiger partial charge in [-0.25, -0.2) is 17.5 Å². The van der Waals surface area contributed by atoms with Crippen LogP contribution in [0.1, 0.15) is 47.5 Å². The summed E-state index contributed by atoms with van der Waals surface area (Å²) in [4.78, 5) is 18.7. The Morgan fingerprint density at radius 3 is 2.54 bits per heavy atom. The maximum atomic E-state index is 11.9. The second-order valence-corrected chi connectivity index (χ2v) is 9.90. The number of hydrogen-bond donors (Lipinski definition) is 2. The molecule has 164 valence electrons. The highest BCUT2D eigenvalue weighted by molar-refractivity contribution is 7.88. The Labute approximate surface area is 169 Å². The van der Waals surface area contributed by atoms with Crippen LogP contribution in [0.4, 0.5) is 4.79 Å². The van der Waals surface area contributed by atoms with E-state index in [9.17, 15) is 13.2 Å². The van der Waals surface area contributed by atoms with Crippen LogP contribution in [-0.2, 0) is 14.8 Å². The lowest BCUT2D eigenvalue weighted by atomic mass is 10.2. The third kappa shape index (κ3) is 9.09. The number of likely N-dealkylation sites (tertiary alicyclic amines) is 1. The number of guanidine groups is 1. The molecular weight excluding hydrogens is 382 g/mol. The monoisotopic (exact) mass is 419 g/mol. The Morgan fingerprint density at radius 2 is 2.00 bits per heavy atom. The topological polar surface area (TPSA) is 103 Å². The van der Waals surface area contributed by atoms with Crippen LogP contribution < -0.4 is 10.6 Å². The first-order chi connectivity index (χ1) is 13.0. The summed E-state index contributed by atoms with van der Waals surface area (Å²) in [5, 5.41) is 6.18. The molecule has 0 aromatic carbocycles. The zero-order valence-electron chi connectivity index (χ0n) is 18.1. The van der Waals surface area contributed by atoms with Crippen LogP contribution in [0.3, 0.4) is 0 Å². The quantitative estimate of drug-likeness (QED) is 0.348. The number of aliphatic imine (C=N–C) groups is 1. The summed E-state index contributed by atoms with van der Waals surface area (Å²) in [5.74, 6) is 0.790. The zero-order chi connectivity index (χ0) is 21.4. The molecule has 2 N–H and O–H groups in total. The summed E-state index contributed by atoms with van der Waals surface area (Å²) < 4.78 is 30.0. The molecule has 0 radical (unpaired) electrons. The number of rotatable bonds is 8. The van der Waals surface area contributed by atoms with Gasteiger partial charge in [0.15, 0.2) is 5.96 Å². The van der Waals surface area contributed by atoms with Crippen molar-refractivity contribution in [3.63, 3.8) is 0 Å². The van der Waals surface area contributed by atoms with Gasteiger partial charge in [0.05, 0.1) is 12.3 Å². The molecule has 1 saturated heterocycles. The Hall–Kier alpha value is -1.55. The van der Waals surface area contributed by atoms with E-state index in [4.69, 9.17) is 4.74 Å².